The predicted octanol–water partition coefficient (Wildman–Crippen LogP) is 4.28. The molecule has 1 aromatic heterocycles. The molecule has 2 aliphatic rings. The number of carbonyl (C=O) groups is 1. The van der Waals surface area contributed by atoms with Gasteiger partial charge in [-0.2, -0.15) is 5.26 Å². The second-order valence-corrected chi connectivity index (χ2v) is 8.62. The highest BCUT2D eigenvalue weighted by Crippen LogP contribution is 2.36. The lowest BCUT2D eigenvalue weighted by Crippen LogP contribution is -2.37. The summed E-state index contributed by atoms with van der Waals surface area (Å²) in [5.41, 5.74) is 4.59. The number of nitrogens with one attached hydrogen (secondary N) is 1. The molecule has 0 spiro atoms. The molecule has 0 unspecified atom stereocenters. The summed E-state index contributed by atoms with van der Waals surface area (Å²) in [6.45, 7) is 2.09. The molecule has 1 amide bonds. The molecular formula is C22H25N3OS. The highest BCUT2D eigenvalue weighted by Gasteiger charge is 2.22. The van der Waals surface area contributed by atoms with Crippen molar-refractivity contribution >= 4 is 22.2 Å². The van der Waals surface area contributed by atoms with Crippen LogP contribution in [0.25, 0.3) is 0 Å². The van der Waals surface area contributed by atoms with Crippen molar-refractivity contribution in [1.29, 1.82) is 5.26 Å². The van der Waals surface area contributed by atoms with Crippen LogP contribution in [0.3, 0.4) is 0 Å². The van der Waals surface area contributed by atoms with Gasteiger partial charge in [0.05, 0.1) is 12.1 Å². The van der Waals surface area contributed by atoms with E-state index in [0.29, 0.717) is 12.1 Å². The Hall–Kier alpha value is -2.16. The highest BCUT2D eigenvalue weighted by atomic mass is 32.1. The van der Waals surface area contributed by atoms with Crippen LogP contribution in [0, 0.1) is 11.3 Å². The average molecular weight is 380 g/mol. The number of nitrogens with zero attached hydrogens (tertiary/aromatic N) is 2. The van der Waals surface area contributed by atoms with Crippen molar-refractivity contribution in [2.75, 3.05) is 18.4 Å². The van der Waals surface area contributed by atoms with Gasteiger partial charge in [-0.15, -0.1) is 11.3 Å². The van der Waals surface area contributed by atoms with Crippen LogP contribution in [0.2, 0.25) is 0 Å². The van der Waals surface area contributed by atoms with E-state index in [2.05, 4.69) is 40.6 Å². The van der Waals surface area contributed by atoms with Gasteiger partial charge in [0.2, 0.25) is 5.91 Å². The smallest absolute Gasteiger partial charge is 0.239 e. The fourth-order valence-corrected chi connectivity index (χ4v) is 5.44. The molecule has 2 aromatic rings. The summed E-state index contributed by atoms with van der Waals surface area (Å²) in [5.74, 6) is -0.0138. The Morgan fingerprint density at radius 2 is 1.89 bits per heavy atom. The molecule has 0 atom stereocenters. The predicted molar refractivity (Wildman–Crippen MR) is 109 cm³/mol. The normalized spacial score (nSPS) is 17.1. The fraction of sp³-hybridized carbons (Fsp3) is 0.455. The number of nitriles is 1. The number of fused-ring (bicyclic) bond motifs is 2. The Morgan fingerprint density at radius 3 is 2.70 bits per heavy atom. The van der Waals surface area contributed by atoms with Gasteiger partial charge >= 0.3 is 0 Å². The van der Waals surface area contributed by atoms with Gasteiger partial charge < -0.3 is 5.32 Å². The number of amides is 1. The van der Waals surface area contributed by atoms with Gasteiger partial charge in [0.25, 0.3) is 0 Å². The minimum atomic E-state index is -0.0138. The molecule has 0 saturated carbocycles. The van der Waals surface area contributed by atoms with Gasteiger partial charge in [0.15, 0.2) is 0 Å². The Balaban J connectivity index is 1.44. The van der Waals surface area contributed by atoms with Gasteiger partial charge in [-0.1, -0.05) is 37.1 Å². The summed E-state index contributed by atoms with van der Waals surface area (Å²) in [7, 11) is 0. The van der Waals surface area contributed by atoms with E-state index in [1.165, 1.54) is 40.8 Å². The Bertz CT molecular complexity index is 880. The molecule has 1 N–H and O–H groups in total. The molecule has 5 heteroatoms. The number of thiophene rings is 1. The third kappa shape index (κ3) is 4.07. The lowest BCUT2D eigenvalue weighted by molar-refractivity contribution is -0.117. The number of rotatable bonds is 3. The summed E-state index contributed by atoms with van der Waals surface area (Å²) >= 11 is 1.62. The first-order valence-electron chi connectivity index (χ1n) is 9.88. The van der Waals surface area contributed by atoms with Crippen LogP contribution >= 0.6 is 11.3 Å². The fourth-order valence-electron chi connectivity index (χ4n) is 4.18. The number of aryl methyl sites for hydroxylation is 1. The van der Waals surface area contributed by atoms with E-state index >= 15 is 0 Å². The molecule has 4 rings (SSSR count). The topological polar surface area (TPSA) is 56.1 Å². The maximum atomic E-state index is 12.7. The molecule has 0 bridgehead atoms. The number of anilines is 1. The summed E-state index contributed by atoms with van der Waals surface area (Å²) in [6, 6.07) is 10.8. The average Bonchev–Trinajstić information content (AvgIpc) is 2.96. The summed E-state index contributed by atoms with van der Waals surface area (Å²) < 4.78 is 0. The molecule has 1 aliphatic carbocycles. The van der Waals surface area contributed by atoms with Crippen LogP contribution in [-0.4, -0.2) is 23.9 Å². The third-order valence-corrected chi connectivity index (χ3v) is 6.82. The second-order valence-electron chi connectivity index (χ2n) is 7.51. The van der Waals surface area contributed by atoms with Crippen LogP contribution in [0.15, 0.2) is 24.3 Å². The zero-order valence-electron chi connectivity index (χ0n) is 15.6. The molecular weight excluding hydrogens is 354 g/mol. The highest BCUT2D eigenvalue weighted by molar-refractivity contribution is 7.16. The van der Waals surface area contributed by atoms with Crippen LogP contribution in [0.4, 0.5) is 5.00 Å². The van der Waals surface area contributed by atoms with E-state index in [9.17, 15) is 10.1 Å². The van der Waals surface area contributed by atoms with Gasteiger partial charge in [0.1, 0.15) is 11.1 Å². The first-order chi connectivity index (χ1) is 13.2. The van der Waals surface area contributed by atoms with E-state index in [1.807, 2.05) is 0 Å². The van der Waals surface area contributed by atoms with Crippen molar-refractivity contribution in [1.82, 2.24) is 4.90 Å². The largest absolute Gasteiger partial charge is 0.315 e. The van der Waals surface area contributed by atoms with Crippen molar-refractivity contribution in [3.63, 3.8) is 0 Å². The standard InChI is InChI=1S/C22H25N3OS/c23-13-19-18-9-3-1-2-4-10-20(18)27-22(19)24-21(26)15-25-12-11-16-7-5-6-8-17(16)14-25/h5-8H,1-4,9-12,14-15H2,(H,24,26). The van der Waals surface area contributed by atoms with E-state index in [4.69, 9.17) is 0 Å². The molecule has 4 nitrogen and oxygen atoms in total. The maximum absolute atomic E-state index is 12.7. The van der Waals surface area contributed by atoms with Crippen LogP contribution in [-0.2, 0) is 30.6 Å². The number of hydrogen-bond donors (Lipinski definition) is 1. The monoisotopic (exact) mass is 379 g/mol. The zero-order chi connectivity index (χ0) is 18.6. The number of hydrogen-bond acceptors (Lipinski definition) is 4. The van der Waals surface area contributed by atoms with Crippen molar-refractivity contribution in [3.8, 4) is 6.07 Å². The van der Waals surface area contributed by atoms with Gasteiger partial charge in [-0.05, 0) is 48.8 Å². The van der Waals surface area contributed by atoms with Crippen molar-refractivity contribution < 1.29 is 4.79 Å². The van der Waals surface area contributed by atoms with Crippen LogP contribution in [0.1, 0.15) is 52.8 Å². The molecule has 0 fully saturated rings. The minimum absolute atomic E-state index is 0.0138. The molecule has 1 aliphatic heterocycles. The molecule has 2 heterocycles. The Kier molecular flexibility index (Phi) is 5.56. The number of carbonyl (C=O) groups excluding carboxylic acids is 1. The molecule has 27 heavy (non-hydrogen) atoms. The lowest BCUT2D eigenvalue weighted by atomic mass is 9.97. The summed E-state index contributed by atoms with van der Waals surface area (Å²) in [6.07, 6.45) is 7.80. The maximum Gasteiger partial charge on any atom is 0.239 e. The van der Waals surface area contributed by atoms with Crippen molar-refractivity contribution in [3.05, 3.63) is 51.4 Å². The molecule has 0 saturated heterocycles. The molecule has 1 aromatic carbocycles. The van der Waals surface area contributed by atoms with Crippen LogP contribution < -0.4 is 5.32 Å². The third-order valence-electron chi connectivity index (χ3n) is 5.61. The van der Waals surface area contributed by atoms with Crippen molar-refractivity contribution in [2.45, 2.75) is 51.5 Å². The SMILES string of the molecule is N#Cc1c(NC(=O)CN2CCc3ccccc3C2)sc2c1CCCCCC2. The Labute approximate surface area is 164 Å². The van der Waals surface area contributed by atoms with E-state index in [-0.39, 0.29) is 5.91 Å². The second kappa shape index (κ2) is 8.24. The van der Waals surface area contributed by atoms with Gasteiger partial charge in [-0.3, -0.25) is 9.69 Å². The molecule has 0 radical (unpaired) electrons. The zero-order valence-corrected chi connectivity index (χ0v) is 16.4. The first-order valence-corrected chi connectivity index (χ1v) is 10.7. The number of benzene rings is 1. The van der Waals surface area contributed by atoms with Gasteiger partial charge in [0, 0.05) is 18.0 Å². The first kappa shape index (κ1) is 18.2. The lowest BCUT2D eigenvalue weighted by Gasteiger charge is -2.27. The Morgan fingerprint density at radius 1 is 1.11 bits per heavy atom. The summed E-state index contributed by atoms with van der Waals surface area (Å²) in [4.78, 5) is 16.1. The van der Waals surface area contributed by atoms with Crippen molar-refractivity contribution in [2.24, 2.45) is 0 Å². The van der Waals surface area contributed by atoms with E-state index in [0.717, 1.165) is 43.8 Å². The van der Waals surface area contributed by atoms with E-state index < -0.39 is 0 Å². The van der Waals surface area contributed by atoms with Gasteiger partial charge in [-0.25, -0.2) is 0 Å². The summed E-state index contributed by atoms with van der Waals surface area (Å²) in [5, 5.41) is 13.5. The van der Waals surface area contributed by atoms with Crippen LogP contribution in [0.5, 0.6) is 0 Å². The van der Waals surface area contributed by atoms with E-state index in [1.54, 1.807) is 11.3 Å². The molecule has 140 valence electrons. The minimum Gasteiger partial charge on any atom is -0.315 e. The quantitative estimate of drug-likeness (QED) is 0.866.